The quantitative estimate of drug-likeness (QED) is 0.819. The molecule has 1 saturated carbocycles. The molecule has 1 fully saturated rings. The van der Waals surface area contributed by atoms with E-state index in [1.54, 1.807) is 18.2 Å². The molecular formula is C22H23NO4. The molecule has 2 aromatic carbocycles. The van der Waals surface area contributed by atoms with Crippen LogP contribution in [0.2, 0.25) is 0 Å². The summed E-state index contributed by atoms with van der Waals surface area (Å²) in [5.74, 6) is -0.479. The highest BCUT2D eigenvalue weighted by atomic mass is 16.5. The van der Waals surface area contributed by atoms with Gasteiger partial charge in [0.1, 0.15) is 6.10 Å². The van der Waals surface area contributed by atoms with Crippen LogP contribution in [0.15, 0.2) is 48.5 Å². The molecule has 4 rings (SSSR count). The van der Waals surface area contributed by atoms with E-state index >= 15 is 0 Å². The number of amides is 1. The van der Waals surface area contributed by atoms with Crippen LogP contribution in [0.25, 0.3) is 0 Å². The van der Waals surface area contributed by atoms with Crippen LogP contribution in [0.5, 0.6) is 0 Å². The molecule has 27 heavy (non-hydrogen) atoms. The second kappa shape index (κ2) is 7.53. The summed E-state index contributed by atoms with van der Waals surface area (Å²) < 4.78 is 5.57. The first-order chi connectivity index (χ1) is 13.1. The Morgan fingerprint density at radius 2 is 1.78 bits per heavy atom. The number of nitrogens with one attached hydrogen (secondary N) is 1. The highest BCUT2D eigenvalue weighted by Crippen LogP contribution is 2.31. The predicted octanol–water partition coefficient (Wildman–Crippen LogP) is 3.17. The van der Waals surface area contributed by atoms with Gasteiger partial charge in [-0.25, -0.2) is 4.79 Å². The average molecular weight is 365 g/mol. The van der Waals surface area contributed by atoms with Gasteiger partial charge in [0.2, 0.25) is 0 Å². The first-order valence-electron chi connectivity index (χ1n) is 9.48. The molecule has 1 unspecified atom stereocenters. The van der Waals surface area contributed by atoms with Crippen molar-refractivity contribution in [3.63, 3.8) is 0 Å². The van der Waals surface area contributed by atoms with Crippen molar-refractivity contribution in [2.75, 3.05) is 0 Å². The summed E-state index contributed by atoms with van der Waals surface area (Å²) in [6.45, 7) is 0. The molecule has 2 aliphatic rings. The number of carbonyl (C=O) groups excluding carboxylic acids is 2. The topological polar surface area (TPSA) is 75.6 Å². The van der Waals surface area contributed by atoms with Crippen LogP contribution >= 0.6 is 0 Å². The largest absolute Gasteiger partial charge is 0.454 e. The monoisotopic (exact) mass is 365 g/mol. The summed E-state index contributed by atoms with van der Waals surface area (Å²) >= 11 is 0. The first-order valence-corrected chi connectivity index (χ1v) is 9.48. The third kappa shape index (κ3) is 3.88. The molecule has 2 N–H and O–H groups in total. The number of hydrogen-bond acceptors (Lipinski definition) is 4. The minimum atomic E-state index is -0.349. The van der Waals surface area contributed by atoms with E-state index in [4.69, 9.17) is 4.74 Å². The number of cyclic esters (lactones) is 1. The SMILES string of the molecule is O=C(NC1CCC(O)CC1)c1ccc2c(c1)CC(c1ccccc1)OC2=O. The molecule has 1 aliphatic carbocycles. The van der Waals surface area contributed by atoms with Crippen molar-refractivity contribution < 1.29 is 19.4 Å². The molecule has 1 atom stereocenters. The Balaban J connectivity index is 1.51. The minimum Gasteiger partial charge on any atom is -0.454 e. The fourth-order valence-electron chi connectivity index (χ4n) is 3.88. The summed E-state index contributed by atoms with van der Waals surface area (Å²) in [7, 11) is 0. The van der Waals surface area contributed by atoms with Gasteiger partial charge in [-0.05, 0) is 55.0 Å². The number of rotatable bonds is 3. The van der Waals surface area contributed by atoms with Crippen LogP contribution in [-0.4, -0.2) is 29.1 Å². The van der Waals surface area contributed by atoms with Gasteiger partial charge >= 0.3 is 5.97 Å². The summed E-state index contributed by atoms with van der Waals surface area (Å²) in [4.78, 5) is 25.0. The van der Waals surface area contributed by atoms with Crippen LogP contribution in [0.4, 0.5) is 0 Å². The Kier molecular flexibility index (Phi) is 4.94. The van der Waals surface area contributed by atoms with Crippen molar-refractivity contribution >= 4 is 11.9 Å². The van der Waals surface area contributed by atoms with E-state index < -0.39 is 0 Å². The molecule has 0 aromatic heterocycles. The molecule has 0 saturated heterocycles. The molecule has 0 spiro atoms. The van der Waals surface area contributed by atoms with Gasteiger partial charge in [0.05, 0.1) is 11.7 Å². The fourth-order valence-corrected chi connectivity index (χ4v) is 3.88. The second-order valence-electron chi connectivity index (χ2n) is 7.36. The Labute approximate surface area is 158 Å². The van der Waals surface area contributed by atoms with E-state index in [9.17, 15) is 14.7 Å². The van der Waals surface area contributed by atoms with Crippen molar-refractivity contribution in [2.24, 2.45) is 0 Å². The first kappa shape index (κ1) is 17.7. The number of hydrogen-bond donors (Lipinski definition) is 2. The number of esters is 1. The minimum absolute atomic E-state index is 0.0963. The van der Waals surface area contributed by atoms with Crippen LogP contribution in [-0.2, 0) is 11.2 Å². The molecule has 2 aromatic rings. The molecular weight excluding hydrogens is 342 g/mol. The molecule has 5 nitrogen and oxygen atoms in total. The van der Waals surface area contributed by atoms with Crippen molar-refractivity contribution in [1.82, 2.24) is 5.32 Å². The number of ether oxygens (including phenoxy) is 1. The van der Waals surface area contributed by atoms with Crippen LogP contribution < -0.4 is 5.32 Å². The lowest BCUT2D eigenvalue weighted by atomic mass is 9.91. The second-order valence-corrected chi connectivity index (χ2v) is 7.36. The van der Waals surface area contributed by atoms with Gasteiger partial charge in [-0.2, -0.15) is 0 Å². The molecule has 0 bridgehead atoms. The van der Waals surface area contributed by atoms with E-state index in [-0.39, 0.29) is 30.1 Å². The highest BCUT2D eigenvalue weighted by Gasteiger charge is 2.28. The van der Waals surface area contributed by atoms with Crippen LogP contribution in [0.1, 0.15) is 63.6 Å². The molecule has 1 aliphatic heterocycles. The predicted molar refractivity (Wildman–Crippen MR) is 100 cm³/mol. The zero-order chi connectivity index (χ0) is 18.8. The van der Waals surface area contributed by atoms with Crippen molar-refractivity contribution in [3.05, 3.63) is 70.8 Å². The Morgan fingerprint density at radius 1 is 1.04 bits per heavy atom. The Bertz CT molecular complexity index is 841. The van der Waals surface area contributed by atoms with Gasteiger partial charge in [0, 0.05) is 18.0 Å². The van der Waals surface area contributed by atoms with Crippen molar-refractivity contribution in [2.45, 2.75) is 50.4 Å². The molecule has 0 radical (unpaired) electrons. The van der Waals surface area contributed by atoms with Gasteiger partial charge in [-0.1, -0.05) is 30.3 Å². The average Bonchev–Trinajstić information content (AvgIpc) is 2.70. The van der Waals surface area contributed by atoms with Gasteiger partial charge in [-0.3, -0.25) is 4.79 Å². The van der Waals surface area contributed by atoms with E-state index in [0.717, 1.165) is 36.8 Å². The van der Waals surface area contributed by atoms with Crippen molar-refractivity contribution in [1.29, 1.82) is 0 Å². The number of aliphatic hydroxyl groups excluding tert-OH is 1. The molecule has 1 amide bonds. The van der Waals surface area contributed by atoms with E-state index in [1.165, 1.54) is 0 Å². The molecule has 140 valence electrons. The lowest BCUT2D eigenvalue weighted by Gasteiger charge is -2.27. The smallest absolute Gasteiger partial charge is 0.339 e. The number of aliphatic hydroxyl groups is 1. The maximum Gasteiger partial charge on any atom is 0.339 e. The third-order valence-corrected chi connectivity index (χ3v) is 5.45. The summed E-state index contributed by atoms with van der Waals surface area (Å²) in [6.07, 6.45) is 3.01. The maximum absolute atomic E-state index is 12.6. The third-order valence-electron chi connectivity index (χ3n) is 5.45. The van der Waals surface area contributed by atoms with E-state index in [0.29, 0.717) is 17.5 Å². The Hall–Kier alpha value is -2.66. The van der Waals surface area contributed by atoms with Gasteiger partial charge in [-0.15, -0.1) is 0 Å². The summed E-state index contributed by atoms with van der Waals surface area (Å²) in [5.41, 5.74) is 2.87. The van der Waals surface area contributed by atoms with Crippen LogP contribution in [0.3, 0.4) is 0 Å². The number of fused-ring (bicyclic) bond motifs is 1. The molecule has 5 heteroatoms. The number of carbonyl (C=O) groups is 2. The summed E-state index contributed by atoms with van der Waals surface area (Å²) in [6, 6.07) is 14.9. The normalized spacial score (nSPS) is 24.6. The van der Waals surface area contributed by atoms with Gasteiger partial charge < -0.3 is 15.2 Å². The van der Waals surface area contributed by atoms with E-state index in [2.05, 4.69) is 5.32 Å². The van der Waals surface area contributed by atoms with E-state index in [1.807, 2.05) is 30.3 Å². The van der Waals surface area contributed by atoms with Gasteiger partial charge in [0.15, 0.2) is 0 Å². The van der Waals surface area contributed by atoms with Gasteiger partial charge in [0.25, 0.3) is 5.91 Å². The summed E-state index contributed by atoms with van der Waals surface area (Å²) in [5, 5.41) is 12.6. The molecule has 1 heterocycles. The zero-order valence-electron chi connectivity index (χ0n) is 15.1. The van der Waals surface area contributed by atoms with Crippen molar-refractivity contribution in [3.8, 4) is 0 Å². The number of benzene rings is 2. The Morgan fingerprint density at radius 3 is 2.52 bits per heavy atom. The van der Waals surface area contributed by atoms with Crippen LogP contribution in [0, 0.1) is 0 Å². The standard InChI is InChI=1S/C22H23NO4/c24-18-9-7-17(8-10-18)23-21(25)15-6-11-19-16(12-15)13-20(27-22(19)26)14-4-2-1-3-5-14/h1-6,11-12,17-18,20,24H,7-10,13H2,(H,23,25). The maximum atomic E-state index is 12.6. The highest BCUT2D eigenvalue weighted by molar-refractivity contribution is 5.98. The lowest BCUT2D eigenvalue weighted by Crippen LogP contribution is -2.38. The lowest BCUT2D eigenvalue weighted by molar-refractivity contribution is 0.0252. The fraction of sp³-hybridized carbons (Fsp3) is 0.364. The zero-order valence-corrected chi connectivity index (χ0v) is 15.1.